The van der Waals surface area contributed by atoms with Crippen LogP contribution in [0, 0.1) is 0 Å². The highest BCUT2D eigenvalue weighted by atomic mass is 35.5. The van der Waals surface area contributed by atoms with Crippen LogP contribution in [0.2, 0.25) is 5.02 Å². The number of ether oxygens (including phenoxy) is 2. The molecule has 1 aromatic heterocycles. The molecule has 0 aliphatic rings. The molecule has 1 heterocycles. The molecule has 1 unspecified atom stereocenters. The highest BCUT2D eigenvalue weighted by molar-refractivity contribution is 6.31. The summed E-state index contributed by atoms with van der Waals surface area (Å²) in [6, 6.07) is 16.3. The number of pyridine rings is 1. The van der Waals surface area contributed by atoms with Gasteiger partial charge < -0.3 is 14.4 Å². The molecule has 0 fully saturated rings. The first kappa shape index (κ1) is 18.0. The standard InChI is InChI=1S/C20H19ClN2O3/c1-13(20(24)23(2)3)25-16-7-9-17(10-8-16)26-19-11-5-14-4-6-15(21)12-18(14)22-19/h4-13H,1-3H3. The molecule has 0 spiro atoms. The van der Waals surface area contributed by atoms with Crippen molar-refractivity contribution in [1.82, 2.24) is 9.88 Å². The number of halogens is 1. The summed E-state index contributed by atoms with van der Waals surface area (Å²) in [7, 11) is 3.39. The van der Waals surface area contributed by atoms with E-state index < -0.39 is 6.10 Å². The van der Waals surface area contributed by atoms with Crippen molar-refractivity contribution in [1.29, 1.82) is 0 Å². The van der Waals surface area contributed by atoms with Crippen molar-refractivity contribution in [3.8, 4) is 17.4 Å². The maximum atomic E-state index is 11.8. The maximum Gasteiger partial charge on any atom is 0.262 e. The van der Waals surface area contributed by atoms with Crippen molar-refractivity contribution in [3.63, 3.8) is 0 Å². The predicted molar refractivity (Wildman–Crippen MR) is 102 cm³/mol. The SMILES string of the molecule is CC(Oc1ccc(Oc2ccc3ccc(Cl)cc3n2)cc1)C(=O)N(C)C. The third kappa shape index (κ3) is 4.24. The van der Waals surface area contributed by atoms with Crippen LogP contribution in [0.25, 0.3) is 10.9 Å². The molecular formula is C20H19ClN2O3. The van der Waals surface area contributed by atoms with Crippen molar-refractivity contribution in [3.05, 3.63) is 59.6 Å². The molecule has 5 nitrogen and oxygen atoms in total. The molecule has 0 N–H and O–H groups in total. The average molecular weight is 371 g/mol. The number of fused-ring (bicyclic) bond motifs is 1. The minimum Gasteiger partial charge on any atom is -0.481 e. The van der Waals surface area contributed by atoms with Gasteiger partial charge in [0.2, 0.25) is 5.88 Å². The molecule has 0 bridgehead atoms. The van der Waals surface area contributed by atoms with Crippen LogP contribution >= 0.6 is 11.6 Å². The fourth-order valence-electron chi connectivity index (χ4n) is 2.45. The molecular weight excluding hydrogens is 352 g/mol. The minimum absolute atomic E-state index is 0.0932. The third-order valence-corrected chi connectivity index (χ3v) is 4.01. The molecule has 0 radical (unpaired) electrons. The lowest BCUT2D eigenvalue weighted by molar-refractivity contribution is -0.135. The largest absolute Gasteiger partial charge is 0.481 e. The van der Waals surface area contributed by atoms with Gasteiger partial charge in [-0.25, -0.2) is 4.98 Å². The van der Waals surface area contributed by atoms with E-state index in [0.717, 1.165) is 10.9 Å². The van der Waals surface area contributed by atoms with Gasteiger partial charge in [0.1, 0.15) is 11.5 Å². The first-order valence-electron chi connectivity index (χ1n) is 8.14. The second kappa shape index (κ2) is 7.62. The summed E-state index contributed by atoms with van der Waals surface area (Å²) in [4.78, 5) is 17.8. The molecule has 3 aromatic rings. The molecule has 0 aliphatic heterocycles. The number of hydrogen-bond acceptors (Lipinski definition) is 4. The quantitative estimate of drug-likeness (QED) is 0.661. The molecule has 0 saturated heterocycles. The Balaban J connectivity index is 1.70. The van der Waals surface area contributed by atoms with Crippen LogP contribution < -0.4 is 9.47 Å². The van der Waals surface area contributed by atoms with Crippen LogP contribution in [0.5, 0.6) is 17.4 Å². The van der Waals surface area contributed by atoms with Gasteiger partial charge in [0.05, 0.1) is 5.52 Å². The van der Waals surface area contributed by atoms with E-state index in [9.17, 15) is 4.79 Å². The molecule has 3 rings (SSSR count). The molecule has 1 amide bonds. The molecule has 6 heteroatoms. The Kier molecular flexibility index (Phi) is 5.28. The third-order valence-electron chi connectivity index (χ3n) is 3.78. The van der Waals surface area contributed by atoms with E-state index in [1.807, 2.05) is 18.2 Å². The maximum absolute atomic E-state index is 11.8. The second-order valence-corrected chi connectivity index (χ2v) is 6.49. The number of benzene rings is 2. The molecule has 1 atom stereocenters. The summed E-state index contributed by atoms with van der Waals surface area (Å²) < 4.78 is 11.4. The molecule has 26 heavy (non-hydrogen) atoms. The lowest BCUT2D eigenvalue weighted by Gasteiger charge is -2.18. The normalized spacial score (nSPS) is 11.8. The number of carbonyl (C=O) groups is 1. The summed E-state index contributed by atoms with van der Waals surface area (Å²) in [5.74, 6) is 1.60. The van der Waals surface area contributed by atoms with Crippen LogP contribution in [0.4, 0.5) is 0 Å². The van der Waals surface area contributed by atoms with Gasteiger partial charge in [-0.15, -0.1) is 0 Å². The zero-order chi connectivity index (χ0) is 18.7. The monoisotopic (exact) mass is 370 g/mol. The number of rotatable bonds is 5. The van der Waals surface area contributed by atoms with Crippen molar-refractivity contribution < 1.29 is 14.3 Å². The van der Waals surface area contributed by atoms with Gasteiger partial charge >= 0.3 is 0 Å². The van der Waals surface area contributed by atoms with E-state index in [4.69, 9.17) is 21.1 Å². The molecule has 0 aliphatic carbocycles. The van der Waals surface area contributed by atoms with Crippen LogP contribution in [0.3, 0.4) is 0 Å². The highest BCUT2D eigenvalue weighted by Gasteiger charge is 2.16. The minimum atomic E-state index is -0.552. The zero-order valence-corrected chi connectivity index (χ0v) is 15.5. The van der Waals surface area contributed by atoms with E-state index in [1.54, 1.807) is 57.4 Å². The van der Waals surface area contributed by atoms with Crippen LogP contribution in [0.15, 0.2) is 54.6 Å². The van der Waals surface area contributed by atoms with Crippen LogP contribution in [0.1, 0.15) is 6.92 Å². The Morgan fingerprint density at radius 2 is 1.69 bits per heavy atom. The van der Waals surface area contributed by atoms with Gasteiger partial charge in [-0.3, -0.25) is 4.79 Å². The Morgan fingerprint density at radius 1 is 1.04 bits per heavy atom. The van der Waals surface area contributed by atoms with E-state index in [0.29, 0.717) is 22.4 Å². The number of amides is 1. The van der Waals surface area contributed by atoms with E-state index in [-0.39, 0.29) is 5.91 Å². The summed E-state index contributed by atoms with van der Waals surface area (Å²) in [5.41, 5.74) is 0.769. The summed E-state index contributed by atoms with van der Waals surface area (Å²) in [5, 5.41) is 1.62. The van der Waals surface area contributed by atoms with Gasteiger partial charge in [0.25, 0.3) is 5.91 Å². The van der Waals surface area contributed by atoms with Crippen molar-refractivity contribution in [2.45, 2.75) is 13.0 Å². The summed E-state index contributed by atoms with van der Waals surface area (Å²) >= 11 is 6.01. The van der Waals surface area contributed by atoms with Gasteiger partial charge in [-0.05, 0) is 49.4 Å². The Hall–Kier alpha value is -2.79. The first-order chi connectivity index (χ1) is 12.4. The highest BCUT2D eigenvalue weighted by Crippen LogP contribution is 2.26. The van der Waals surface area contributed by atoms with Crippen LogP contribution in [-0.2, 0) is 4.79 Å². The smallest absolute Gasteiger partial charge is 0.262 e. The predicted octanol–water partition coefficient (Wildman–Crippen LogP) is 4.54. The van der Waals surface area contributed by atoms with Crippen LogP contribution in [-0.4, -0.2) is 36.0 Å². The van der Waals surface area contributed by atoms with E-state index >= 15 is 0 Å². The van der Waals surface area contributed by atoms with Crippen molar-refractivity contribution in [2.75, 3.05) is 14.1 Å². The lowest BCUT2D eigenvalue weighted by Crippen LogP contribution is -2.35. The average Bonchev–Trinajstić information content (AvgIpc) is 2.62. The van der Waals surface area contributed by atoms with Gasteiger partial charge in [0, 0.05) is 30.6 Å². The Labute approximate surface area is 157 Å². The fraction of sp³-hybridized carbons (Fsp3) is 0.200. The Morgan fingerprint density at radius 3 is 2.38 bits per heavy atom. The number of nitrogens with zero attached hydrogens (tertiary/aromatic N) is 2. The zero-order valence-electron chi connectivity index (χ0n) is 14.8. The molecule has 134 valence electrons. The van der Waals surface area contributed by atoms with Gasteiger partial charge in [-0.2, -0.15) is 0 Å². The molecule has 2 aromatic carbocycles. The molecule has 0 saturated carbocycles. The summed E-state index contributed by atoms with van der Waals surface area (Å²) in [6.07, 6.45) is -0.552. The van der Waals surface area contributed by atoms with Crippen molar-refractivity contribution in [2.24, 2.45) is 0 Å². The lowest BCUT2D eigenvalue weighted by atomic mass is 10.2. The first-order valence-corrected chi connectivity index (χ1v) is 8.52. The van der Waals surface area contributed by atoms with E-state index in [2.05, 4.69) is 4.98 Å². The topological polar surface area (TPSA) is 51.7 Å². The second-order valence-electron chi connectivity index (χ2n) is 6.05. The van der Waals surface area contributed by atoms with Crippen molar-refractivity contribution >= 4 is 28.4 Å². The number of aromatic nitrogens is 1. The van der Waals surface area contributed by atoms with E-state index in [1.165, 1.54) is 4.90 Å². The number of likely N-dealkylation sites (N-methyl/N-ethyl adjacent to an activating group) is 1. The number of hydrogen-bond donors (Lipinski definition) is 0. The van der Waals surface area contributed by atoms with Gasteiger partial charge in [-0.1, -0.05) is 17.7 Å². The number of carbonyl (C=O) groups excluding carboxylic acids is 1. The van der Waals surface area contributed by atoms with Gasteiger partial charge in [0.15, 0.2) is 6.10 Å². The summed E-state index contributed by atoms with van der Waals surface area (Å²) in [6.45, 7) is 1.72. The fourth-order valence-corrected chi connectivity index (χ4v) is 2.62. The Bertz CT molecular complexity index is 926.